The van der Waals surface area contributed by atoms with E-state index in [2.05, 4.69) is 4.72 Å². The Morgan fingerprint density at radius 1 is 0.920 bits per heavy atom. The van der Waals surface area contributed by atoms with Crippen molar-refractivity contribution in [3.8, 4) is 11.5 Å². The van der Waals surface area contributed by atoms with Crippen LogP contribution in [0.5, 0.6) is 11.5 Å². The van der Waals surface area contributed by atoms with Crippen molar-refractivity contribution in [3.63, 3.8) is 0 Å². The molecule has 0 fully saturated rings. The lowest BCUT2D eigenvalue weighted by molar-refractivity contribution is 0.0981. The van der Waals surface area contributed by atoms with Crippen LogP contribution in [0.25, 0.3) is 0 Å². The minimum Gasteiger partial charge on any atom is -0.486 e. The summed E-state index contributed by atoms with van der Waals surface area (Å²) in [6.07, 6.45) is 2.99. The molecule has 7 heteroatoms. The van der Waals surface area contributed by atoms with E-state index in [1.165, 1.54) is 23.8 Å². The number of amides is 1. The highest BCUT2D eigenvalue weighted by Crippen LogP contribution is 2.32. The highest BCUT2D eigenvalue weighted by molar-refractivity contribution is 7.90. The Morgan fingerprint density at radius 2 is 1.68 bits per heavy atom. The summed E-state index contributed by atoms with van der Waals surface area (Å²) >= 11 is 0. The van der Waals surface area contributed by atoms with Crippen LogP contribution in [0.4, 0.5) is 0 Å². The van der Waals surface area contributed by atoms with Crippen LogP contribution < -0.4 is 14.2 Å². The van der Waals surface area contributed by atoms with E-state index in [-0.39, 0.29) is 4.90 Å². The fourth-order valence-electron chi connectivity index (χ4n) is 3.14. The first-order valence-electron chi connectivity index (χ1n) is 8.11. The normalized spacial score (nSPS) is 15.5. The molecule has 0 saturated heterocycles. The van der Waals surface area contributed by atoms with Crippen molar-refractivity contribution in [3.05, 3.63) is 53.1 Å². The predicted molar refractivity (Wildman–Crippen MR) is 90.6 cm³/mol. The summed E-state index contributed by atoms with van der Waals surface area (Å²) in [5, 5.41) is 0. The molecule has 1 aliphatic carbocycles. The lowest BCUT2D eigenvalue weighted by atomic mass is 10.1. The number of ether oxygens (including phenoxy) is 2. The number of benzene rings is 2. The fourth-order valence-corrected chi connectivity index (χ4v) is 4.13. The first-order valence-corrected chi connectivity index (χ1v) is 9.60. The zero-order valence-electron chi connectivity index (χ0n) is 13.4. The maximum absolute atomic E-state index is 12.5. The standard InChI is InChI=1S/C18H17NO5S/c20-18(14-5-4-12-2-1-3-13(12)10-14)19-25(21,22)15-6-7-16-17(11-15)24-9-8-23-16/h4-7,10-11H,1-3,8-9H2,(H,19,20). The Kier molecular flexibility index (Phi) is 3.88. The summed E-state index contributed by atoms with van der Waals surface area (Å²) in [5.41, 5.74) is 2.69. The highest BCUT2D eigenvalue weighted by Gasteiger charge is 2.23. The lowest BCUT2D eigenvalue weighted by Gasteiger charge is -2.18. The van der Waals surface area contributed by atoms with Gasteiger partial charge >= 0.3 is 0 Å². The van der Waals surface area contributed by atoms with Crippen molar-refractivity contribution in [2.24, 2.45) is 0 Å². The van der Waals surface area contributed by atoms with Crippen LogP contribution in [0.3, 0.4) is 0 Å². The molecule has 1 heterocycles. The summed E-state index contributed by atoms with van der Waals surface area (Å²) in [6, 6.07) is 9.63. The number of hydrogen-bond donors (Lipinski definition) is 1. The smallest absolute Gasteiger partial charge is 0.265 e. The first-order chi connectivity index (χ1) is 12.0. The molecule has 0 unspecified atom stereocenters. The molecule has 1 amide bonds. The molecule has 0 bridgehead atoms. The van der Waals surface area contributed by atoms with Crippen molar-refractivity contribution in [2.45, 2.75) is 24.2 Å². The van der Waals surface area contributed by atoms with E-state index < -0.39 is 15.9 Å². The van der Waals surface area contributed by atoms with Gasteiger partial charge in [-0.1, -0.05) is 6.07 Å². The molecule has 130 valence electrons. The molecule has 4 rings (SSSR count). The Balaban J connectivity index is 1.57. The Bertz CT molecular complexity index is 952. The Morgan fingerprint density at radius 3 is 2.52 bits per heavy atom. The van der Waals surface area contributed by atoms with Crippen molar-refractivity contribution < 1.29 is 22.7 Å². The molecular weight excluding hydrogens is 342 g/mol. The molecule has 2 aromatic carbocycles. The van der Waals surface area contributed by atoms with Gasteiger partial charge in [0, 0.05) is 11.6 Å². The van der Waals surface area contributed by atoms with Crippen LogP contribution in [0, 0.1) is 0 Å². The van der Waals surface area contributed by atoms with Gasteiger partial charge in [0.2, 0.25) is 0 Å². The molecule has 25 heavy (non-hydrogen) atoms. The minimum absolute atomic E-state index is 0.0359. The van der Waals surface area contributed by atoms with E-state index in [1.807, 2.05) is 6.07 Å². The van der Waals surface area contributed by atoms with E-state index in [4.69, 9.17) is 9.47 Å². The second kappa shape index (κ2) is 6.07. The monoisotopic (exact) mass is 359 g/mol. The molecule has 0 atom stereocenters. The van der Waals surface area contributed by atoms with Gasteiger partial charge in [-0.2, -0.15) is 0 Å². The predicted octanol–water partition coefficient (Wildman–Crippen LogP) is 2.07. The minimum atomic E-state index is -3.99. The molecule has 2 aromatic rings. The van der Waals surface area contributed by atoms with Crippen molar-refractivity contribution >= 4 is 15.9 Å². The topological polar surface area (TPSA) is 81.7 Å². The van der Waals surface area contributed by atoms with Crippen LogP contribution in [0.15, 0.2) is 41.3 Å². The van der Waals surface area contributed by atoms with Gasteiger partial charge in [0.1, 0.15) is 13.2 Å². The largest absolute Gasteiger partial charge is 0.486 e. The van der Waals surface area contributed by atoms with Crippen molar-refractivity contribution in [1.82, 2.24) is 4.72 Å². The lowest BCUT2D eigenvalue weighted by Crippen LogP contribution is -2.30. The number of sulfonamides is 1. The second-order valence-corrected chi connectivity index (χ2v) is 7.76. The first kappa shape index (κ1) is 16.0. The van der Waals surface area contributed by atoms with Crippen LogP contribution >= 0.6 is 0 Å². The van der Waals surface area contributed by atoms with E-state index in [1.54, 1.807) is 12.1 Å². The van der Waals surface area contributed by atoms with Gasteiger partial charge in [-0.15, -0.1) is 0 Å². The third-order valence-electron chi connectivity index (χ3n) is 4.41. The maximum atomic E-state index is 12.5. The molecular formula is C18H17NO5S. The molecule has 6 nitrogen and oxygen atoms in total. The van der Waals surface area contributed by atoms with Gasteiger partial charge in [-0.3, -0.25) is 4.79 Å². The Hall–Kier alpha value is -2.54. The number of rotatable bonds is 3. The average molecular weight is 359 g/mol. The summed E-state index contributed by atoms with van der Waals surface area (Å²) in [4.78, 5) is 12.3. The zero-order chi connectivity index (χ0) is 17.4. The molecule has 1 aliphatic heterocycles. The van der Waals surface area contributed by atoms with Gasteiger partial charge in [0.15, 0.2) is 11.5 Å². The molecule has 1 N–H and O–H groups in total. The van der Waals surface area contributed by atoms with Crippen molar-refractivity contribution in [1.29, 1.82) is 0 Å². The van der Waals surface area contributed by atoms with Crippen LogP contribution in [-0.2, 0) is 22.9 Å². The number of carbonyl (C=O) groups is 1. The molecule has 0 radical (unpaired) electrons. The van der Waals surface area contributed by atoms with Gasteiger partial charge in [0.25, 0.3) is 15.9 Å². The van der Waals surface area contributed by atoms with Crippen molar-refractivity contribution in [2.75, 3.05) is 13.2 Å². The number of carbonyl (C=O) groups excluding carboxylic acids is 1. The number of aryl methyl sites for hydroxylation is 2. The number of hydrogen-bond acceptors (Lipinski definition) is 5. The number of nitrogens with one attached hydrogen (secondary N) is 1. The second-order valence-electron chi connectivity index (χ2n) is 6.08. The van der Waals surface area contributed by atoms with Crippen LogP contribution in [0.2, 0.25) is 0 Å². The average Bonchev–Trinajstić information content (AvgIpc) is 3.08. The Labute approximate surface area is 145 Å². The summed E-state index contributed by atoms with van der Waals surface area (Å²) in [6.45, 7) is 0.784. The van der Waals surface area contributed by atoms with Crippen LogP contribution in [-0.4, -0.2) is 27.5 Å². The van der Waals surface area contributed by atoms with Gasteiger partial charge in [0.05, 0.1) is 4.90 Å². The summed E-state index contributed by atoms with van der Waals surface area (Å²) in [7, 11) is -3.99. The third kappa shape index (κ3) is 3.07. The SMILES string of the molecule is O=C(NS(=O)(=O)c1ccc2c(c1)OCCO2)c1ccc2c(c1)CCC2. The van der Waals surface area contributed by atoms with Crippen LogP contribution in [0.1, 0.15) is 27.9 Å². The quantitative estimate of drug-likeness (QED) is 0.907. The zero-order valence-corrected chi connectivity index (χ0v) is 14.3. The highest BCUT2D eigenvalue weighted by atomic mass is 32.2. The van der Waals surface area contributed by atoms with Gasteiger partial charge in [-0.05, 0) is 54.7 Å². The molecule has 0 aromatic heterocycles. The van der Waals surface area contributed by atoms with Gasteiger partial charge in [-0.25, -0.2) is 13.1 Å². The van der Waals surface area contributed by atoms with E-state index in [9.17, 15) is 13.2 Å². The third-order valence-corrected chi connectivity index (χ3v) is 5.74. The van der Waals surface area contributed by atoms with Gasteiger partial charge < -0.3 is 9.47 Å². The fraction of sp³-hybridized carbons (Fsp3) is 0.278. The van der Waals surface area contributed by atoms with E-state index in [0.717, 1.165) is 24.8 Å². The maximum Gasteiger partial charge on any atom is 0.265 e. The summed E-state index contributed by atoms with van der Waals surface area (Å²) in [5.74, 6) is 0.221. The molecule has 0 spiro atoms. The van der Waals surface area contributed by atoms with E-state index in [0.29, 0.717) is 30.3 Å². The molecule has 2 aliphatic rings. The summed E-state index contributed by atoms with van der Waals surface area (Å²) < 4.78 is 37.9. The van der Waals surface area contributed by atoms with E-state index >= 15 is 0 Å². The number of fused-ring (bicyclic) bond motifs is 2. The molecule has 0 saturated carbocycles.